The molecule has 2 aromatic carbocycles. The summed E-state index contributed by atoms with van der Waals surface area (Å²) in [5.74, 6) is -0.361. The second-order valence-corrected chi connectivity index (χ2v) is 12.7. The van der Waals surface area contributed by atoms with Crippen LogP contribution in [0.5, 0.6) is 5.75 Å². The Balaban J connectivity index is 1.58. The van der Waals surface area contributed by atoms with E-state index in [9.17, 15) is 36.3 Å². The van der Waals surface area contributed by atoms with Gasteiger partial charge in [0, 0.05) is 49.7 Å². The van der Waals surface area contributed by atoms with Gasteiger partial charge in [-0.1, -0.05) is 6.92 Å². The minimum Gasteiger partial charge on any atom is -0.488 e. The van der Waals surface area contributed by atoms with Gasteiger partial charge in [-0.05, 0) is 49.4 Å². The number of imidazole rings is 1. The summed E-state index contributed by atoms with van der Waals surface area (Å²) in [5.41, 5.74) is -0.117. The monoisotopic (exact) mass is 652 g/mol. The molecule has 0 unspecified atom stereocenters. The van der Waals surface area contributed by atoms with Crippen LogP contribution in [0.3, 0.4) is 0 Å². The molecule has 3 atom stereocenters. The maximum Gasteiger partial charge on any atom is 0.416 e. The van der Waals surface area contributed by atoms with Crippen molar-refractivity contribution in [1.82, 2.24) is 19.4 Å². The quantitative estimate of drug-likeness (QED) is 0.338. The topological polar surface area (TPSA) is 146 Å². The molecular formula is C29H35F3N6O6S. The van der Waals surface area contributed by atoms with E-state index in [0.29, 0.717) is 11.3 Å². The number of nitrogens with one attached hydrogen (secondary N) is 2. The number of carbonyl (C=O) groups is 2. The number of nitrogens with zero attached hydrogens (tertiary/aromatic N) is 4. The molecule has 0 fully saturated rings. The Hall–Kier alpha value is -4.31. The average molecular weight is 653 g/mol. The van der Waals surface area contributed by atoms with Crippen LogP contribution < -0.4 is 14.8 Å². The van der Waals surface area contributed by atoms with Gasteiger partial charge in [-0.25, -0.2) is 9.78 Å². The van der Waals surface area contributed by atoms with Gasteiger partial charge in [0.2, 0.25) is 5.91 Å². The van der Waals surface area contributed by atoms with E-state index in [1.54, 1.807) is 14.0 Å². The highest BCUT2D eigenvalue weighted by atomic mass is 32.2. The Morgan fingerprint density at radius 1 is 1.20 bits per heavy atom. The molecule has 0 radical (unpaired) electrons. The van der Waals surface area contributed by atoms with Crippen LogP contribution in [-0.4, -0.2) is 83.7 Å². The summed E-state index contributed by atoms with van der Waals surface area (Å²) in [6.07, 6.45) is -2.64. The van der Waals surface area contributed by atoms with Gasteiger partial charge < -0.3 is 29.5 Å². The lowest BCUT2D eigenvalue weighted by molar-refractivity contribution is -0.137. The number of urea groups is 1. The number of carbonyl (C=O) groups excluding carboxylic acids is 2. The smallest absolute Gasteiger partial charge is 0.416 e. The van der Waals surface area contributed by atoms with Crippen molar-refractivity contribution in [3.8, 4) is 5.75 Å². The minimum absolute atomic E-state index is 0.0245. The zero-order chi connectivity index (χ0) is 33.1. The van der Waals surface area contributed by atoms with Gasteiger partial charge >= 0.3 is 12.2 Å². The molecular weight excluding hydrogens is 617 g/mol. The van der Waals surface area contributed by atoms with Gasteiger partial charge in [0.1, 0.15) is 11.9 Å². The van der Waals surface area contributed by atoms with Crippen molar-refractivity contribution in [2.75, 3.05) is 36.8 Å². The van der Waals surface area contributed by atoms with Gasteiger partial charge in [0.25, 0.3) is 10.0 Å². The molecule has 0 saturated carbocycles. The Morgan fingerprint density at radius 2 is 1.87 bits per heavy atom. The Bertz CT molecular complexity index is 1630. The van der Waals surface area contributed by atoms with E-state index in [1.165, 1.54) is 52.1 Å². The molecule has 2 heterocycles. The normalized spacial score (nSPS) is 18.1. The second-order valence-electron chi connectivity index (χ2n) is 11.1. The lowest BCUT2D eigenvalue weighted by Gasteiger charge is -2.34. The highest BCUT2D eigenvalue weighted by molar-refractivity contribution is 7.92. The molecule has 3 aromatic rings. The first-order valence-corrected chi connectivity index (χ1v) is 15.5. The molecule has 1 aromatic heterocycles. The first-order chi connectivity index (χ1) is 21.1. The number of anilines is 2. The van der Waals surface area contributed by atoms with Crippen LogP contribution in [-0.2, 0) is 34.5 Å². The number of hydrogen-bond acceptors (Lipinski definition) is 7. The van der Waals surface area contributed by atoms with E-state index in [1.807, 2.05) is 6.92 Å². The molecule has 244 valence electrons. The molecule has 0 aliphatic carbocycles. The number of rotatable bonds is 8. The number of aliphatic hydroxyl groups is 1. The molecule has 3 N–H and O–H groups in total. The second kappa shape index (κ2) is 13.4. The standard InChI is InChI=1S/C29H35F3N6O6S/c1-18-13-38(19(2)16-39)27(40)12-20-11-23(35-45(42,43)26-15-36(3)17-33-26)9-10-24(20)44-25(18)14-37(4)28(41)34-22-7-5-21(6-8-22)29(30,31)32/h5-11,15,17-19,25,35,39H,12-14,16H2,1-4H3,(H,34,41)/t18-,19-,25-/m1/s1. The summed E-state index contributed by atoms with van der Waals surface area (Å²) in [6.45, 7) is 3.44. The third-order valence-corrected chi connectivity index (χ3v) is 8.66. The molecule has 12 nitrogen and oxygen atoms in total. The van der Waals surface area contributed by atoms with E-state index in [0.717, 1.165) is 24.3 Å². The number of aliphatic hydroxyl groups excluding tert-OH is 1. The fraction of sp³-hybridized carbons (Fsp3) is 0.414. The summed E-state index contributed by atoms with van der Waals surface area (Å²) in [4.78, 5) is 33.1. The van der Waals surface area contributed by atoms with Gasteiger partial charge in [-0.3, -0.25) is 9.52 Å². The van der Waals surface area contributed by atoms with Gasteiger partial charge in [-0.2, -0.15) is 21.6 Å². The number of alkyl halides is 3. The van der Waals surface area contributed by atoms with E-state index in [-0.39, 0.29) is 54.3 Å². The first-order valence-electron chi connectivity index (χ1n) is 14.0. The SMILES string of the molecule is C[C@@H]1CN([C@H](C)CO)C(=O)Cc2cc(NS(=O)(=O)c3cn(C)cn3)ccc2O[C@@H]1CN(C)C(=O)Nc1ccc(C(F)(F)F)cc1. The number of halogens is 3. The molecule has 1 aliphatic heterocycles. The first kappa shape index (κ1) is 33.6. The number of fused-ring (bicyclic) bond motifs is 1. The molecule has 1 aliphatic rings. The highest BCUT2D eigenvalue weighted by Crippen LogP contribution is 2.31. The van der Waals surface area contributed by atoms with Crippen molar-refractivity contribution in [2.45, 2.75) is 43.6 Å². The van der Waals surface area contributed by atoms with Crippen LogP contribution in [0.25, 0.3) is 0 Å². The lowest BCUT2D eigenvalue weighted by Crippen LogP contribution is -2.48. The predicted octanol–water partition coefficient (Wildman–Crippen LogP) is 3.55. The van der Waals surface area contributed by atoms with Crippen molar-refractivity contribution < 1.29 is 41.0 Å². The van der Waals surface area contributed by atoms with E-state index < -0.39 is 39.9 Å². The lowest BCUT2D eigenvalue weighted by atomic mass is 10.0. The summed E-state index contributed by atoms with van der Waals surface area (Å²) < 4.78 is 74.8. The zero-order valence-corrected chi connectivity index (χ0v) is 25.9. The fourth-order valence-electron chi connectivity index (χ4n) is 4.76. The van der Waals surface area contributed by atoms with Crippen molar-refractivity contribution in [1.29, 1.82) is 0 Å². The summed E-state index contributed by atoms with van der Waals surface area (Å²) in [6, 6.07) is 7.43. The fourth-order valence-corrected chi connectivity index (χ4v) is 5.79. The van der Waals surface area contributed by atoms with E-state index in [4.69, 9.17) is 4.74 Å². The van der Waals surface area contributed by atoms with Gasteiger partial charge in [0.15, 0.2) is 5.03 Å². The summed E-state index contributed by atoms with van der Waals surface area (Å²) in [7, 11) is -0.890. The average Bonchev–Trinajstić information content (AvgIpc) is 3.43. The maximum absolute atomic E-state index is 13.4. The van der Waals surface area contributed by atoms with Crippen molar-refractivity contribution >= 4 is 33.3 Å². The van der Waals surface area contributed by atoms with E-state index in [2.05, 4.69) is 15.0 Å². The molecule has 0 spiro atoms. The van der Waals surface area contributed by atoms with Crippen LogP contribution in [0.4, 0.5) is 29.3 Å². The molecule has 45 heavy (non-hydrogen) atoms. The number of amides is 3. The van der Waals surface area contributed by atoms with Gasteiger partial charge in [0.05, 0.1) is 37.5 Å². The predicted molar refractivity (Wildman–Crippen MR) is 159 cm³/mol. The molecule has 16 heteroatoms. The highest BCUT2D eigenvalue weighted by Gasteiger charge is 2.33. The Labute approximate surface area is 258 Å². The molecule has 0 saturated heterocycles. The molecule has 0 bridgehead atoms. The number of aryl methyl sites for hydroxylation is 1. The largest absolute Gasteiger partial charge is 0.488 e. The number of aromatic nitrogens is 2. The van der Waals surface area contributed by atoms with E-state index >= 15 is 0 Å². The Kier molecular flexibility index (Phi) is 9.97. The van der Waals surface area contributed by atoms with Crippen LogP contribution in [0.1, 0.15) is 25.0 Å². The number of benzene rings is 2. The van der Waals surface area contributed by atoms with Crippen LogP contribution in [0, 0.1) is 5.92 Å². The molecule has 4 rings (SSSR count). The Morgan fingerprint density at radius 3 is 2.47 bits per heavy atom. The molecule has 3 amide bonds. The van der Waals surface area contributed by atoms with Crippen LogP contribution in [0.2, 0.25) is 0 Å². The third kappa shape index (κ3) is 8.25. The van der Waals surface area contributed by atoms with Crippen molar-refractivity contribution in [3.05, 3.63) is 66.1 Å². The summed E-state index contributed by atoms with van der Waals surface area (Å²) >= 11 is 0. The zero-order valence-electron chi connectivity index (χ0n) is 25.1. The minimum atomic E-state index is -4.51. The van der Waals surface area contributed by atoms with Crippen LogP contribution in [0.15, 0.2) is 60.0 Å². The number of ether oxygens (including phenoxy) is 1. The number of hydrogen-bond donors (Lipinski definition) is 3. The number of likely N-dealkylation sites (N-methyl/N-ethyl adjacent to an activating group) is 1. The van der Waals surface area contributed by atoms with Crippen molar-refractivity contribution in [2.24, 2.45) is 13.0 Å². The third-order valence-electron chi connectivity index (χ3n) is 7.39. The van der Waals surface area contributed by atoms with Crippen molar-refractivity contribution in [3.63, 3.8) is 0 Å². The number of sulfonamides is 1. The summed E-state index contributed by atoms with van der Waals surface area (Å²) in [5, 5.41) is 12.2. The van der Waals surface area contributed by atoms with Gasteiger partial charge in [-0.15, -0.1) is 0 Å². The maximum atomic E-state index is 13.4. The van der Waals surface area contributed by atoms with Crippen LogP contribution >= 0.6 is 0 Å².